The van der Waals surface area contributed by atoms with Crippen LogP contribution in [0.1, 0.15) is 27.0 Å². The SMILES string of the molecule is Cc1cc(C)cc(COC(=O)c2cc(S(=O)(=O)N3CCOCC3)c(Cl)cc2Cl)c1. The molecule has 1 aliphatic heterocycles. The van der Waals surface area contributed by atoms with E-state index in [1.165, 1.54) is 16.4 Å². The van der Waals surface area contributed by atoms with Gasteiger partial charge in [-0.3, -0.25) is 0 Å². The zero-order chi connectivity index (χ0) is 21.2. The standard InChI is InChI=1S/C20H21Cl2NO5S/c1-13-7-14(2)9-15(8-13)12-28-20(24)16-10-19(18(22)11-17(16)21)29(25,26)23-3-5-27-6-4-23/h7-11H,3-6,12H2,1-2H3. The molecule has 3 rings (SSSR count). The predicted octanol–water partition coefficient (Wildman–Crippen LogP) is 3.99. The van der Waals surface area contributed by atoms with Crippen molar-refractivity contribution < 1.29 is 22.7 Å². The third-order valence-electron chi connectivity index (χ3n) is 4.48. The molecule has 0 saturated carbocycles. The number of hydrogen-bond acceptors (Lipinski definition) is 5. The Morgan fingerprint density at radius 1 is 1.03 bits per heavy atom. The maximum atomic E-state index is 12.9. The van der Waals surface area contributed by atoms with Gasteiger partial charge >= 0.3 is 5.97 Å². The van der Waals surface area contributed by atoms with Crippen LogP contribution in [-0.2, 0) is 26.1 Å². The fourth-order valence-corrected chi connectivity index (χ4v) is 5.42. The van der Waals surface area contributed by atoms with Crippen molar-refractivity contribution in [3.05, 3.63) is 62.6 Å². The van der Waals surface area contributed by atoms with E-state index >= 15 is 0 Å². The van der Waals surface area contributed by atoms with Gasteiger partial charge in [-0.1, -0.05) is 52.5 Å². The third kappa shape index (κ3) is 5.10. The lowest BCUT2D eigenvalue weighted by molar-refractivity contribution is 0.0472. The molecule has 0 atom stereocenters. The molecule has 0 radical (unpaired) electrons. The third-order valence-corrected chi connectivity index (χ3v) is 7.16. The van der Waals surface area contributed by atoms with Crippen LogP contribution in [0.25, 0.3) is 0 Å². The first-order valence-electron chi connectivity index (χ1n) is 9.00. The number of rotatable bonds is 5. The summed E-state index contributed by atoms with van der Waals surface area (Å²) in [6, 6.07) is 8.28. The van der Waals surface area contributed by atoms with E-state index in [4.69, 9.17) is 32.7 Å². The summed E-state index contributed by atoms with van der Waals surface area (Å²) in [5, 5.41) is -0.0197. The zero-order valence-electron chi connectivity index (χ0n) is 16.1. The molecule has 2 aromatic carbocycles. The molecule has 0 unspecified atom stereocenters. The lowest BCUT2D eigenvalue weighted by Gasteiger charge is -2.26. The summed E-state index contributed by atoms with van der Waals surface area (Å²) in [5.41, 5.74) is 2.90. The van der Waals surface area contributed by atoms with E-state index in [2.05, 4.69) is 0 Å². The van der Waals surface area contributed by atoms with Crippen molar-refractivity contribution in [3.63, 3.8) is 0 Å². The summed E-state index contributed by atoms with van der Waals surface area (Å²) in [7, 11) is -3.89. The Hall–Kier alpha value is -1.64. The molecule has 0 bridgehead atoms. The second kappa shape index (κ2) is 9.02. The Kier molecular flexibility index (Phi) is 6.86. The van der Waals surface area contributed by atoms with Crippen molar-refractivity contribution in [3.8, 4) is 0 Å². The average Bonchev–Trinajstić information content (AvgIpc) is 2.66. The number of carbonyl (C=O) groups excluding carboxylic acids is 1. The van der Waals surface area contributed by atoms with Crippen LogP contribution in [0, 0.1) is 13.8 Å². The van der Waals surface area contributed by atoms with E-state index in [-0.39, 0.29) is 40.2 Å². The summed E-state index contributed by atoms with van der Waals surface area (Å²) < 4.78 is 37.7. The fraction of sp³-hybridized carbons (Fsp3) is 0.350. The van der Waals surface area contributed by atoms with E-state index in [1.54, 1.807) is 0 Å². The number of aryl methyl sites for hydroxylation is 2. The average molecular weight is 458 g/mol. The van der Waals surface area contributed by atoms with Gasteiger partial charge in [-0.05, 0) is 31.5 Å². The van der Waals surface area contributed by atoms with Gasteiger partial charge in [-0.15, -0.1) is 0 Å². The second-order valence-electron chi connectivity index (χ2n) is 6.85. The molecule has 0 aromatic heterocycles. The highest BCUT2D eigenvalue weighted by Crippen LogP contribution is 2.31. The molecular formula is C20H21Cl2NO5S. The Bertz CT molecular complexity index is 1010. The molecule has 1 aliphatic rings. The topological polar surface area (TPSA) is 72.9 Å². The molecule has 9 heteroatoms. The van der Waals surface area contributed by atoms with E-state index in [0.717, 1.165) is 16.7 Å². The summed E-state index contributed by atoms with van der Waals surface area (Å²) in [6.07, 6.45) is 0. The largest absolute Gasteiger partial charge is 0.457 e. The lowest BCUT2D eigenvalue weighted by atomic mass is 10.1. The first-order valence-corrected chi connectivity index (χ1v) is 11.2. The highest BCUT2D eigenvalue weighted by molar-refractivity contribution is 7.89. The monoisotopic (exact) mass is 457 g/mol. The summed E-state index contributed by atoms with van der Waals surface area (Å²) in [6.45, 7) is 4.99. The number of benzene rings is 2. The zero-order valence-corrected chi connectivity index (χ0v) is 18.4. The maximum absolute atomic E-state index is 12.9. The van der Waals surface area contributed by atoms with Crippen LogP contribution >= 0.6 is 23.2 Å². The molecule has 2 aromatic rings. The Labute approximate surface area is 180 Å². The van der Waals surface area contributed by atoms with Crippen molar-refractivity contribution >= 4 is 39.2 Å². The molecule has 1 saturated heterocycles. The van der Waals surface area contributed by atoms with Crippen LogP contribution < -0.4 is 0 Å². The van der Waals surface area contributed by atoms with E-state index in [1.807, 2.05) is 32.0 Å². The van der Waals surface area contributed by atoms with Gasteiger partial charge in [0.25, 0.3) is 0 Å². The lowest BCUT2D eigenvalue weighted by Crippen LogP contribution is -2.40. The summed E-state index contributed by atoms with van der Waals surface area (Å²) >= 11 is 12.3. The van der Waals surface area contributed by atoms with Crippen molar-refractivity contribution in [2.75, 3.05) is 26.3 Å². The first-order chi connectivity index (χ1) is 13.7. The minimum Gasteiger partial charge on any atom is -0.457 e. The van der Waals surface area contributed by atoms with Gasteiger partial charge in [0.1, 0.15) is 11.5 Å². The van der Waals surface area contributed by atoms with Crippen molar-refractivity contribution in [2.45, 2.75) is 25.3 Å². The van der Waals surface area contributed by atoms with E-state index in [0.29, 0.717) is 13.2 Å². The smallest absolute Gasteiger partial charge is 0.340 e. The van der Waals surface area contributed by atoms with Gasteiger partial charge < -0.3 is 9.47 Å². The Morgan fingerprint density at radius 3 is 2.28 bits per heavy atom. The minimum absolute atomic E-state index is 0.0290. The summed E-state index contributed by atoms with van der Waals surface area (Å²) in [4.78, 5) is 12.4. The van der Waals surface area contributed by atoms with Gasteiger partial charge in [-0.25, -0.2) is 13.2 Å². The van der Waals surface area contributed by atoms with Crippen LogP contribution in [0.3, 0.4) is 0 Å². The number of carbonyl (C=O) groups is 1. The molecule has 6 nitrogen and oxygen atoms in total. The first kappa shape index (κ1) is 22.1. The Morgan fingerprint density at radius 2 is 1.66 bits per heavy atom. The van der Waals surface area contributed by atoms with Gasteiger partial charge in [0.05, 0.1) is 28.8 Å². The van der Waals surface area contributed by atoms with Crippen LogP contribution in [-0.4, -0.2) is 45.0 Å². The van der Waals surface area contributed by atoms with E-state index in [9.17, 15) is 13.2 Å². The van der Waals surface area contributed by atoms with Gasteiger partial charge in [0, 0.05) is 13.1 Å². The number of halogens is 2. The highest BCUT2D eigenvalue weighted by atomic mass is 35.5. The molecule has 0 amide bonds. The van der Waals surface area contributed by atoms with Gasteiger partial charge in [-0.2, -0.15) is 4.31 Å². The van der Waals surface area contributed by atoms with Crippen LogP contribution in [0.2, 0.25) is 10.0 Å². The number of ether oxygens (including phenoxy) is 2. The minimum atomic E-state index is -3.89. The molecule has 0 aliphatic carbocycles. The molecule has 0 N–H and O–H groups in total. The Balaban J connectivity index is 1.85. The van der Waals surface area contributed by atoms with Gasteiger partial charge in [0.15, 0.2) is 0 Å². The van der Waals surface area contributed by atoms with Crippen LogP contribution in [0.5, 0.6) is 0 Å². The second-order valence-corrected chi connectivity index (χ2v) is 9.57. The fourth-order valence-electron chi connectivity index (χ4n) is 3.19. The predicted molar refractivity (Wildman–Crippen MR) is 111 cm³/mol. The van der Waals surface area contributed by atoms with Gasteiger partial charge in [0.2, 0.25) is 10.0 Å². The molecule has 156 valence electrons. The number of morpholine rings is 1. The highest BCUT2D eigenvalue weighted by Gasteiger charge is 2.30. The van der Waals surface area contributed by atoms with E-state index < -0.39 is 16.0 Å². The van der Waals surface area contributed by atoms with Crippen LogP contribution in [0.15, 0.2) is 35.2 Å². The normalized spacial score (nSPS) is 15.3. The summed E-state index contributed by atoms with van der Waals surface area (Å²) in [5.74, 6) is -0.718. The quantitative estimate of drug-likeness (QED) is 0.634. The number of esters is 1. The van der Waals surface area contributed by atoms with Crippen molar-refractivity contribution in [1.82, 2.24) is 4.31 Å². The maximum Gasteiger partial charge on any atom is 0.340 e. The molecule has 29 heavy (non-hydrogen) atoms. The number of hydrogen-bond donors (Lipinski definition) is 0. The molecule has 0 spiro atoms. The number of nitrogens with zero attached hydrogens (tertiary/aromatic N) is 1. The molecular weight excluding hydrogens is 437 g/mol. The molecule has 1 fully saturated rings. The van der Waals surface area contributed by atoms with Crippen molar-refractivity contribution in [1.29, 1.82) is 0 Å². The van der Waals surface area contributed by atoms with Crippen LogP contribution in [0.4, 0.5) is 0 Å². The number of sulfonamides is 1. The molecule has 1 heterocycles. The van der Waals surface area contributed by atoms with Crippen molar-refractivity contribution in [2.24, 2.45) is 0 Å².